The number of fused-ring (bicyclic) bond motifs is 2. The van der Waals surface area contributed by atoms with E-state index < -0.39 is 0 Å². The van der Waals surface area contributed by atoms with Crippen LogP contribution in [0.4, 0.5) is 5.69 Å². The fourth-order valence-electron chi connectivity index (χ4n) is 3.50. The first-order valence-corrected chi connectivity index (χ1v) is 8.43. The molecular weight excluding hydrogens is 300 g/mol. The second kappa shape index (κ2) is 5.74. The molecule has 0 spiro atoms. The SMILES string of the molecule is CCCn1nnc2cc(C(=O)N3c4ccccc4CC3C)ccc21. The van der Waals surface area contributed by atoms with Gasteiger partial charge in [0.05, 0.1) is 5.52 Å². The summed E-state index contributed by atoms with van der Waals surface area (Å²) in [4.78, 5) is 15.0. The van der Waals surface area contributed by atoms with Crippen molar-refractivity contribution in [2.45, 2.75) is 39.3 Å². The van der Waals surface area contributed by atoms with E-state index in [1.807, 2.05) is 46.0 Å². The van der Waals surface area contributed by atoms with Gasteiger partial charge in [-0.25, -0.2) is 4.68 Å². The molecule has 24 heavy (non-hydrogen) atoms. The zero-order valence-corrected chi connectivity index (χ0v) is 13.9. The lowest BCUT2D eigenvalue weighted by Crippen LogP contribution is -2.35. The van der Waals surface area contributed by atoms with Crippen LogP contribution in [0.15, 0.2) is 42.5 Å². The predicted molar refractivity (Wildman–Crippen MR) is 94.2 cm³/mol. The zero-order chi connectivity index (χ0) is 16.7. The molecular formula is C19H20N4O. The topological polar surface area (TPSA) is 51.0 Å². The van der Waals surface area contributed by atoms with E-state index in [9.17, 15) is 4.79 Å². The first-order chi connectivity index (χ1) is 11.7. The first kappa shape index (κ1) is 14.9. The molecule has 0 aliphatic carbocycles. The van der Waals surface area contributed by atoms with Gasteiger partial charge < -0.3 is 4.90 Å². The van der Waals surface area contributed by atoms with E-state index in [0.29, 0.717) is 5.56 Å². The standard InChI is InChI=1S/C19H20N4O/c1-3-10-22-18-9-8-15(12-16(18)20-21-22)19(24)23-13(2)11-14-6-4-5-7-17(14)23/h4-9,12-13H,3,10-11H2,1-2H3. The van der Waals surface area contributed by atoms with Crippen LogP contribution >= 0.6 is 0 Å². The Bertz CT molecular complexity index is 915. The van der Waals surface area contributed by atoms with E-state index in [1.165, 1.54) is 5.56 Å². The van der Waals surface area contributed by atoms with E-state index in [4.69, 9.17) is 0 Å². The van der Waals surface area contributed by atoms with Gasteiger partial charge >= 0.3 is 0 Å². The number of hydrogen-bond acceptors (Lipinski definition) is 3. The van der Waals surface area contributed by atoms with E-state index >= 15 is 0 Å². The van der Waals surface area contributed by atoms with Gasteiger partial charge in [0.1, 0.15) is 5.52 Å². The molecule has 0 saturated heterocycles. The summed E-state index contributed by atoms with van der Waals surface area (Å²) < 4.78 is 1.89. The third kappa shape index (κ3) is 2.28. The summed E-state index contributed by atoms with van der Waals surface area (Å²) in [5.41, 5.74) is 4.66. The minimum Gasteiger partial charge on any atom is -0.305 e. The lowest BCUT2D eigenvalue weighted by atomic mass is 10.1. The van der Waals surface area contributed by atoms with Crippen molar-refractivity contribution in [3.05, 3.63) is 53.6 Å². The van der Waals surface area contributed by atoms with Crippen LogP contribution in [0.1, 0.15) is 36.2 Å². The maximum atomic E-state index is 13.1. The third-order valence-corrected chi connectivity index (χ3v) is 4.62. The molecule has 5 heteroatoms. The molecule has 0 radical (unpaired) electrons. The average molecular weight is 320 g/mol. The number of carbonyl (C=O) groups excluding carboxylic acids is 1. The normalized spacial score (nSPS) is 16.6. The maximum Gasteiger partial charge on any atom is 0.258 e. The van der Waals surface area contributed by atoms with Gasteiger partial charge in [-0.05, 0) is 49.6 Å². The lowest BCUT2D eigenvalue weighted by molar-refractivity contribution is 0.0981. The van der Waals surface area contributed by atoms with Crippen LogP contribution in [0.25, 0.3) is 11.0 Å². The zero-order valence-electron chi connectivity index (χ0n) is 13.9. The van der Waals surface area contributed by atoms with E-state index in [1.54, 1.807) is 0 Å². The molecule has 0 bridgehead atoms. The van der Waals surface area contributed by atoms with Crippen LogP contribution in [-0.2, 0) is 13.0 Å². The Morgan fingerprint density at radius 1 is 1.25 bits per heavy atom. The summed E-state index contributed by atoms with van der Waals surface area (Å²) in [5, 5.41) is 8.39. The number of carbonyl (C=O) groups is 1. The molecule has 2 aromatic carbocycles. The molecule has 0 saturated carbocycles. The van der Waals surface area contributed by atoms with Crippen molar-refractivity contribution >= 4 is 22.6 Å². The smallest absolute Gasteiger partial charge is 0.258 e. The fourth-order valence-corrected chi connectivity index (χ4v) is 3.50. The molecule has 1 aliphatic heterocycles. The van der Waals surface area contributed by atoms with Crippen LogP contribution < -0.4 is 4.90 Å². The van der Waals surface area contributed by atoms with Gasteiger partial charge in [0, 0.05) is 23.8 Å². The summed E-state index contributed by atoms with van der Waals surface area (Å²) in [7, 11) is 0. The van der Waals surface area contributed by atoms with Crippen molar-refractivity contribution in [2.24, 2.45) is 0 Å². The molecule has 1 atom stereocenters. The molecule has 0 fully saturated rings. The van der Waals surface area contributed by atoms with E-state index in [2.05, 4.69) is 30.2 Å². The van der Waals surface area contributed by atoms with Crippen molar-refractivity contribution in [3.63, 3.8) is 0 Å². The molecule has 1 aliphatic rings. The molecule has 122 valence electrons. The van der Waals surface area contributed by atoms with Crippen LogP contribution in [0.3, 0.4) is 0 Å². The Morgan fingerprint density at radius 3 is 2.92 bits per heavy atom. The van der Waals surface area contributed by atoms with E-state index in [-0.39, 0.29) is 11.9 Å². The molecule has 3 aromatic rings. The van der Waals surface area contributed by atoms with Crippen LogP contribution in [0, 0.1) is 0 Å². The van der Waals surface area contributed by atoms with Crippen molar-refractivity contribution < 1.29 is 4.79 Å². The Morgan fingerprint density at radius 2 is 2.08 bits per heavy atom. The van der Waals surface area contributed by atoms with Crippen LogP contribution in [0.5, 0.6) is 0 Å². The van der Waals surface area contributed by atoms with Crippen molar-refractivity contribution in [2.75, 3.05) is 4.90 Å². The monoisotopic (exact) mass is 320 g/mol. The van der Waals surface area contributed by atoms with Gasteiger partial charge in [0.15, 0.2) is 0 Å². The fraction of sp³-hybridized carbons (Fsp3) is 0.316. The highest BCUT2D eigenvalue weighted by molar-refractivity contribution is 6.09. The Hall–Kier alpha value is -2.69. The minimum absolute atomic E-state index is 0.0272. The Balaban J connectivity index is 1.71. The molecule has 5 nitrogen and oxygen atoms in total. The lowest BCUT2D eigenvalue weighted by Gasteiger charge is -2.22. The number of aryl methyl sites for hydroxylation is 1. The van der Waals surface area contributed by atoms with Crippen molar-refractivity contribution in [1.82, 2.24) is 15.0 Å². The summed E-state index contributed by atoms with van der Waals surface area (Å²) in [6.07, 6.45) is 1.90. The van der Waals surface area contributed by atoms with Gasteiger partial charge in [-0.1, -0.05) is 30.3 Å². The van der Waals surface area contributed by atoms with Crippen molar-refractivity contribution in [3.8, 4) is 0 Å². The summed E-state index contributed by atoms with van der Waals surface area (Å²) >= 11 is 0. The molecule has 4 rings (SSSR count). The molecule has 1 amide bonds. The van der Waals surface area contributed by atoms with E-state index in [0.717, 1.165) is 36.1 Å². The van der Waals surface area contributed by atoms with Gasteiger partial charge in [0.2, 0.25) is 0 Å². The highest BCUT2D eigenvalue weighted by Crippen LogP contribution is 2.33. The quantitative estimate of drug-likeness (QED) is 0.743. The number of anilines is 1. The minimum atomic E-state index is 0.0272. The number of nitrogens with zero attached hydrogens (tertiary/aromatic N) is 4. The second-order valence-electron chi connectivity index (χ2n) is 6.37. The molecule has 1 aromatic heterocycles. The number of rotatable bonds is 3. The van der Waals surface area contributed by atoms with Crippen LogP contribution in [0.2, 0.25) is 0 Å². The second-order valence-corrected chi connectivity index (χ2v) is 6.37. The summed E-state index contributed by atoms with van der Waals surface area (Å²) in [6, 6.07) is 14.0. The summed E-state index contributed by atoms with van der Waals surface area (Å²) in [5.74, 6) is 0.0272. The van der Waals surface area contributed by atoms with Crippen molar-refractivity contribution in [1.29, 1.82) is 0 Å². The number of hydrogen-bond donors (Lipinski definition) is 0. The molecule has 2 heterocycles. The van der Waals surface area contributed by atoms with Gasteiger partial charge in [-0.3, -0.25) is 4.79 Å². The highest BCUT2D eigenvalue weighted by atomic mass is 16.2. The third-order valence-electron chi connectivity index (χ3n) is 4.62. The Labute approximate surface area is 140 Å². The number of para-hydroxylation sites is 1. The first-order valence-electron chi connectivity index (χ1n) is 8.43. The highest BCUT2D eigenvalue weighted by Gasteiger charge is 2.31. The Kier molecular flexibility index (Phi) is 3.56. The van der Waals surface area contributed by atoms with Gasteiger partial charge in [-0.2, -0.15) is 0 Å². The molecule has 0 N–H and O–H groups in total. The number of aromatic nitrogens is 3. The van der Waals surface area contributed by atoms with Gasteiger partial charge in [0.25, 0.3) is 5.91 Å². The predicted octanol–water partition coefficient (Wildman–Crippen LogP) is 3.43. The number of benzene rings is 2. The van der Waals surface area contributed by atoms with Gasteiger partial charge in [-0.15, -0.1) is 5.10 Å². The number of amides is 1. The van der Waals surface area contributed by atoms with Crippen LogP contribution in [-0.4, -0.2) is 26.9 Å². The maximum absolute atomic E-state index is 13.1. The molecule has 1 unspecified atom stereocenters. The average Bonchev–Trinajstić information content (AvgIpc) is 3.14. The summed E-state index contributed by atoms with van der Waals surface area (Å²) in [6.45, 7) is 5.03. The largest absolute Gasteiger partial charge is 0.305 e.